The zero-order chi connectivity index (χ0) is 14.5. The number of rotatable bonds is 6. The Morgan fingerprint density at radius 3 is 2.50 bits per heavy atom. The molecule has 2 aromatic rings. The van der Waals surface area contributed by atoms with Crippen molar-refractivity contribution in [2.75, 3.05) is 11.2 Å². The Hall–Kier alpha value is -1.19. The Bertz CT molecular complexity index is 561. The summed E-state index contributed by atoms with van der Waals surface area (Å²) in [6.07, 6.45) is 1.75. The first-order valence-electron chi connectivity index (χ1n) is 6.74. The Labute approximate surface area is 129 Å². The summed E-state index contributed by atoms with van der Waals surface area (Å²) >= 11 is 12.1. The Morgan fingerprint density at radius 2 is 1.95 bits per heavy atom. The van der Waals surface area contributed by atoms with Gasteiger partial charge in [0.05, 0.1) is 23.0 Å². The molecule has 0 spiro atoms. The number of alkyl halides is 1. The molecule has 0 aliphatic carbocycles. The van der Waals surface area contributed by atoms with Gasteiger partial charge in [0.15, 0.2) is 0 Å². The molecule has 0 unspecified atom stereocenters. The maximum atomic E-state index is 6.32. The number of aryl methyl sites for hydroxylation is 3. The van der Waals surface area contributed by atoms with E-state index in [1.54, 1.807) is 0 Å². The number of benzene rings is 1. The molecule has 20 heavy (non-hydrogen) atoms. The van der Waals surface area contributed by atoms with Crippen LogP contribution in [0.15, 0.2) is 24.3 Å². The van der Waals surface area contributed by atoms with Crippen LogP contribution in [-0.2, 0) is 26.4 Å². The van der Waals surface area contributed by atoms with Gasteiger partial charge in [-0.15, -0.1) is 11.6 Å². The summed E-state index contributed by atoms with van der Waals surface area (Å²) in [7, 11) is 1.92. The van der Waals surface area contributed by atoms with Gasteiger partial charge in [-0.1, -0.05) is 30.7 Å². The van der Waals surface area contributed by atoms with Crippen LogP contribution in [-0.4, -0.2) is 15.7 Å². The van der Waals surface area contributed by atoms with E-state index in [1.165, 1.54) is 5.56 Å². The molecule has 0 atom stereocenters. The summed E-state index contributed by atoms with van der Waals surface area (Å²) in [5.74, 6) is 0.650. The summed E-state index contributed by atoms with van der Waals surface area (Å²) in [5.41, 5.74) is 4.27. The van der Waals surface area contributed by atoms with Crippen LogP contribution >= 0.6 is 23.2 Å². The molecule has 1 aromatic carbocycles. The molecule has 2 rings (SSSR count). The molecular formula is C15H19Cl2N3. The fraction of sp³-hybridized carbons (Fsp3) is 0.400. The minimum absolute atomic E-state index is 0.650. The third-order valence-electron chi connectivity index (χ3n) is 3.30. The van der Waals surface area contributed by atoms with Gasteiger partial charge in [0.2, 0.25) is 0 Å². The van der Waals surface area contributed by atoms with E-state index in [2.05, 4.69) is 41.6 Å². The number of hydrogen-bond donors (Lipinski definition) is 1. The summed E-state index contributed by atoms with van der Waals surface area (Å²) < 4.78 is 1.84. The maximum Gasteiger partial charge on any atom is 0.0868 e. The fourth-order valence-corrected chi connectivity index (χ4v) is 2.67. The molecule has 108 valence electrons. The number of hydrogen-bond acceptors (Lipinski definition) is 2. The van der Waals surface area contributed by atoms with Crippen LogP contribution in [0.25, 0.3) is 0 Å². The maximum absolute atomic E-state index is 6.32. The number of halogens is 2. The van der Waals surface area contributed by atoms with Gasteiger partial charge < -0.3 is 5.32 Å². The average molecular weight is 312 g/mol. The second-order valence-corrected chi connectivity index (χ2v) is 5.43. The summed E-state index contributed by atoms with van der Waals surface area (Å²) in [6.45, 7) is 2.72. The zero-order valence-corrected chi connectivity index (χ0v) is 13.3. The molecule has 1 N–H and O–H groups in total. The Morgan fingerprint density at radius 1 is 1.25 bits per heavy atom. The summed E-state index contributed by atoms with van der Waals surface area (Å²) in [5, 5.41) is 8.55. The number of nitrogens with zero attached hydrogens (tertiary/aromatic N) is 2. The lowest BCUT2D eigenvalue weighted by molar-refractivity contribution is 0.707. The van der Waals surface area contributed by atoms with Gasteiger partial charge in [-0.2, -0.15) is 5.10 Å². The first kappa shape index (κ1) is 15.2. The SMILES string of the molecule is CCc1nn(C)c(CNc2ccc(CCCl)cc2)c1Cl. The van der Waals surface area contributed by atoms with E-state index in [-0.39, 0.29) is 0 Å². The van der Waals surface area contributed by atoms with Crippen molar-refractivity contribution in [1.29, 1.82) is 0 Å². The van der Waals surface area contributed by atoms with Crippen LogP contribution in [0.4, 0.5) is 5.69 Å². The van der Waals surface area contributed by atoms with Gasteiger partial charge >= 0.3 is 0 Å². The van der Waals surface area contributed by atoms with Crippen LogP contribution in [0.2, 0.25) is 5.02 Å². The highest BCUT2D eigenvalue weighted by Gasteiger charge is 2.12. The molecule has 0 radical (unpaired) electrons. The minimum atomic E-state index is 0.650. The van der Waals surface area contributed by atoms with Crippen molar-refractivity contribution >= 4 is 28.9 Å². The van der Waals surface area contributed by atoms with Gasteiger partial charge in [0, 0.05) is 18.6 Å². The van der Waals surface area contributed by atoms with Crippen molar-refractivity contribution in [3.05, 3.63) is 46.2 Å². The van der Waals surface area contributed by atoms with Crippen molar-refractivity contribution in [2.24, 2.45) is 7.05 Å². The lowest BCUT2D eigenvalue weighted by atomic mass is 10.1. The monoisotopic (exact) mass is 311 g/mol. The van der Waals surface area contributed by atoms with E-state index < -0.39 is 0 Å². The lowest BCUT2D eigenvalue weighted by Crippen LogP contribution is -2.06. The van der Waals surface area contributed by atoms with E-state index >= 15 is 0 Å². The van der Waals surface area contributed by atoms with Crippen molar-refractivity contribution in [3.63, 3.8) is 0 Å². The van der Waals surface area contributed by atoms with E-state index in [9.17, 15) is 0 Å². The topological polar surface area (TPSA) is 29.9 Å². The van der Waals surface area contributed by atoms with Crippen molar-refractivity contribution in [3.8, 4) is 0 Å². The standard InChI is InChI=1S/C15H19Cl2N3/c1-3-13-15(17)14(20(2)19-13)10-18-12-6-4-11(5-7-12)8-9-16/h4-7,18H,3,8-10H2,1-2H3. The van der Waals surface area contributed by atoms with Crippen molar-refractivity contribution in [1.82, 2.24) is 9.78 Å². The van der Waals surface area contributed by atoms with Crippen LogP contribution < -0.4 is 5.32 Å². The molecule has 0 amide bonds. The summed E-state index contributed by atoms with van der Waals surface area (Å²) in [6, 6.07) is 8.31. The van der Waals surface area contributed by atoms with Crippen molar-refractivity contribution in [2.45, 2.75) is 26.3 Å². The van der Waals surface area contributed by atoms with Gasteiger partial charge in [-0.25, -0.2) is 0 Å². The molecule has 5 heteroatoms. The third kappa shape index (κ3) is 3.47. The molecular weight excluding hydrogens is 293 g/mol. The number of anilines is 1. The lowest BCUT2D eigenvalue weighted by Gasteiger charge is -2.08. The average Bonchev–Trinajstić information content (AvgIpc) is 2.73. The second-order valence-electron chi connectivity index (χ2n) is 4.67. The third-order valence-corrected chi connectivity index (χ3v) is 3.93. The number of aromatic nitrogens is 2. The second kappa shape index (κ2) is 7.00. The molecule has 3 nitrogen and oxygen atoms in total. The van der Waals surface area contributed by atoms with Crippen molar-refractivity contribution < 1.29 is 0 Å². The highest BCUT2D eigenvalue weighted by Crippen LogP contribution is 2.22. The minimum Gasteiger partial charge on any atom is -0.379 e. The molecule has 1 aromatic heterocycles. The first-order valence-corrected chi connectivity index (χ1v) is 7.66. The van der Waals surface area contributed by atoms with Crippen LogP contribution in [0.1, 0.15) is 23.9 Å². The van der Waals surface area contributed by atoms with E-state index in [0.29, 0.717) is 12.4 Å². The molecule has 0 saturated carbocycles. The van der Waals surface area contributed by atoms with Gasteiger partial charge in [-0.3, -0.25) is 4.68 Å². The molecule has 0 bridgehead atoms. The normalized spacial score (nSPS) is 10.8. The first-order chi connectivity index (χ1) is 9.65. The van der Waals surface area contributed by atoms with Crippen LogP contribution in [0, 0.1) is 0 Å². The fourth-order valence-electron chi connectivity index (χ4n) is 2.10. The van der Waals surface area contributed by atoms with E-state index in [1.807, 2.05) is 11.7 Å². The van der Waals surface area contributed by atoms with Gasteiger partial charge in [-0.05, 0) is 30.5 Å². The largest absolute Gasteiger partial charge is 0.379 e. The van der Waals surface area contributed by atoms with E-state index in [0.717, 1.165) is 34.9 Å². The zero-order valence-electron chi connectivity index (χ0n) is 11.8. The highest BCUT2D eigenvalue weighted by molar-refractivity contribution is 6.31. The molecule has 0 aliphatic rings. The smallest absolute Gasteiger partial charge is 0.0868 e. The Balaban J connectivity index is 2.03. The van der Waals surface area contributed by atoms with Gasteiger partial charge in [0.1, 0.15) is 0 Å². The molecule has 0 fully saturated rings. The molecule has 0 saturated heterocycles. The summed E-state index contributed by atoms with van der Waals surface area (Å²) in [4.78, 5) is 0. The quantitative estimate of drug-likeness (QED) is 0.816. The molecule has 1 heterocycles. The van der Waals surface area contributed by atoms with Crippen LogP contribution in [0.3, 0.4) is 0 Å². The van der Waals surface area contributed by atoms with E-state index in [4.69, 9.17) is 23.2 Å². The number of nitrogens with one attached hydrogen (secondary N) is 1. The predicted molar refractivity (Wildman–Crippen MR) is 85.8 cm³/mol. The van der Waals surface area contributed by atoms with Crippen LogP contribution in [0.5, 0.6) is 0 Å². The van der Waals surface area contributed by atoms with Gasteiger partial charge in [0.25, 0.3) is 0 Å². The highest BCUT2D eigenvalue weighted by atomic mass is 35.5. The predicted octanol–water partition coefficient (Wildman–Crippen LogP) is 4.03. The Kier molecular flexibility index (Phi) is 5.32. The molecule has 0 aliphatic heterocycles.